The molecule has 1 aromatic heterocycles. The highest BCUT2D eigenvalue weighted by Crippen LogP contribution is 2.21. The molecule has 19 heavy (non-hydrogen) atoms. The summed E-state index contributed by atoms with van der Waals surface area (Å²) in [6.45, 7) is 0.816. The molecule has 0 aliphatic heterocycles. The van der Waals surface area contributed by atoms with Gasteiger partial charge in [0.1, 0.15) is 0 Å². The third-order valence-corrected chi connectivity index (χ3v) is 3.66. The Balaban J connectivity index is 1.94. The molecule has 2 nitrogen and oxygen atoms in total. The molecule has 0 N–H and O–H groups in total. The summed E-state index contributed by atoms with van der Waals surface area (Å²) in [5, 5.41) is 10.0. The van der Waals surface area contributed by atoms with E-state index in [1.165, 1.54) is 16.5 Å². The van der Waals surface area contributed by atoms with Crippen LogP contribution in [-0.2, 0) is 6.54 Å². The SMILES string of the molecule is N#Cc1ccc(Cn2ccc3cc(Br)ccc32)cc1. The van der Waals surface area contributed by atoms with E-state index in [4.69, 9.17) is 5.26 Å². The second-order valence-corrected chi connectivity index (χ2v) is 5.37. The van der Waals surface area contributed by atoms with Crippen LogP contribution in [0.3, 0.4) is 0 Å². The molecule has 0 spiro atoms. The van der Waals surface area contributed by atoms with E-state index < -0.39 is 0 Å². The molecule has 3 aromatic rings. The fourth-order valence-electron chi connectivity index (χ4n) is 2.19. The lowest BCUT2D eigenvalue weighted by molar-refractivity contribution is 0.837. The van der Waals surface area contributed by atoms with E-state index in [0.717, 1.165) is 11.0 Å². The van der Waals surface area contributed by atoms with Crippen molar-refractivity contribution in [1.29, 1.82) is 5.26 Å². The number of fused-ring (bicyclic) bond motifs is 1. The highest BCUT2D eigenvalue weighted by Gasteiger charge is 2.02. The molecule has 1 heterocycles. The highest BCUT2D eigenvalue weighted by atomic mass is 79.9. The first-order valence-electron chi connectivity index (χ1n) is 6.00. The molecule has 0 unspecified atom stereocenters. The average molecular weight is 311 g/mol. The van der Waals surface area contributed by atoms with Crippen LogP contribution in [-0.4, -0.2) is 4.57 Å². The summed E-state index contributed by atoms with van der Waals surface area (Å²) in [6, 6.07) is 18.3. The van der Waals surface area contributed by atoms with Crippen molar-refractivity contribution in [3.05, 3.63) is 70.3 Å². The van der Waals surface area contributed by atoms with Crippen molar-refractivity contribution < 1.29 is 0 Å². The van der Waals surface area contributed by atoms with Gasteiger partial charge >= 0.3 is 0 Å². The number of hydrogen-bond acceptors (Lipinski definition) is 1. The topological polar surface area (TPSA) is 28.7 Å². The fraction of sp³-hybridized carbons (Fsp3) is 0.0625. The van der Waals surface area contributed by atoms with Crippen molar-refractivity contribution in [1.82, 2.24) is 4.57 Å². The number of nitriles is 1. The Hall–Kier alpha value is -2.05. The maximum atomic E-state index is 8.79. The van der Waals surface area contributed by atoms with E-state index >= 15 is 0 Å². The van der Waals surface area contributed by atoms with Crippen LogP contribution in [0.4, 0.5) is 0 Å². The molecule has 3 heteroatoms. The molecule has 0 saturated heterocycles. The molecule has 0 aliphatic rings. The second-order valence-electron chi connectivity index (χ2n) is 4.46. The van der Waals surface area contributed by atoms with Gasteiger partial charge in [-0.15, -0.1) is 0 Å². The third kappa shape index (κ3) is 2.40. The van der Waals surface area contributed by atoms with Crippen molar-refractivity contribution in [3.63, 3.8) is 0 Å². The summed E-state index contributed by atoms with van der Waals surface area (Å²) >= 11 is 3.48. The van der Waals surface area contributed by atoms with E-state index in [0.29, 0.717) is 5.56 Å². The number of halogens is 1. The summed E-state index contributed by atoms with van der Waals surface area (Å²) in [6.07, 6.45) is 2.09. The van der Waals surface area contributed by atoms with Gasteiger partial charge in [0.25, 0.3) is 0 Å². The van der Waals surface area contributed by atoms with Crippen LogP contribution < -0.4 is 0 Å². The van der Waals surface area contributed by atoms with E-state index in [1.807, 2.05) is 24.3 Å². The van der Waals surface area contributed by atoms with E-state index in [-0.39, 0.29) is 0 Å². The molecular formula is C16H11BrN2. The molecule has 0 fully saturated rings. The molecule has 2 aromatic carbocycles. The molecule has 92 valence electrons. The van der Waals surface area contributed by atoms with Crippen LogP contribution in [0, 0.1) is 11.3 Å². The van der Waals surface area contributed by atoms with Gasteiger partial charge in [0.05, 0.1) is 11.6 Å². The highest BCUT2D eigenvalue weighted by molar-refractivity contribution is 9.10. The molecule has 0 aliphatic carbocycles. The van der Waals surface area contributed by atoms with E-state index in [1.54, 1.807) is 0 Å². The smallest absolute Gasteiger partial charge is 0.0991 e. The predicted octanol–water partition coefficient (Wildman–Crippen LogP) is 4.32. The van der Waals surface area contributed by atoms with Crippen molar-refractivity contribution >= 4 is 26.8 Å². The summed E-state index contributed by atoms with van der Waals surface area (Å²) in [4.78, 5) is 0. The van der Waals surface area contributed by atoms with Crippen molar-refractivity contribution in [2.75, 3.05) is 0 Å². The third-order valence-electron chi connectivity index (χ3n) is 3.17. The summed E-state index contributed by atoms with van der Waals surface area (Å²) in [5.74, 6) is 0. The first-order valence-corrected chi connectivity index (χ1v) is 6.79. The van der Waals surface area contributed by atoms with Gasteiger partial charge in [0.15, 0.2) is 0 Å². The van der Waals surface area contributed by atoms with Gasteiger partial charge in [-0.05, 0) is 42.0 Å². The largest absolute Gasteiger partial charge is 0.343 e. The predicted molar refractivity (Wildman–Crippen MR) is 79.9 cm³/mol. The minimum atomic E-state index is 0.699. The Kier molecular flexibility index (Phi) is 3.10. The van der Waals surface area contributed by atoms with Crippen molar-refractivity contribution in [2.24, 2.45) is 0 Å². The Labute approximate surface area is 120 Å². The minimum Gasteiger partial charge on any atom is -0.343 e. The molecule has 3 rings (SSSR count). The number of hydrogen-bond donors (Lipinski definition) is 0. The molecule has 0 radical (unpaired) electrons. The maximum absolute atomic E-state index is 8.79. The molecule has 0 amide bonds. The average Bonchev–Trinajstić information content (AvgIpc) is 2.82. The normalized spacial score (nSPS) is 10.5. The quantitative estimate of drug-likeness (QED) is 0.693. The number of aromatic nitrogens is 1. The number of benzene rings is 2. The first kappa shape index (κ1) is 12.0. The monoisotopic (exact) mass is 310 g/mol. The Bertz CT molecular complexity index is 764. The summed E-state index contributed by atoms with van der Waals surface area (Å²) in [7, 11) is 0. The molecule has 0 saturated carbocycles. The van der Waals surface area contributed by atoms with Crippen LogP contribution in [0.15, 0.2) is 59.2 Å². The Morgan fingerprint density at radius 2 is 1.84 bits per heavy atom. The van der Waals surface area contributed by atoms with Gasteiger partial charge in [-0.2, -0.15) is 5.26 Å². The summed E-state index contributed by atoms with van der Waals surface area (Å²) < 4.78 is 3.31. The Morgan fingerprint density at radius 3 is 2.58 bits per heavy atom. The summed E-state index contributed by atoms with van der Waals surface area (Å²) in [5.41, 5.74) is 3.11. The molecular weight excluding hydrogens is 300 g/mol. The van der Waals surface area contributed by atoms with Crippen LogP contribution in [0.5, 0.6) is 0 Å². The molecule has 0 bridgehead atoms. The zero-order valence-electron chi connectivity index (χ0n) is 10.2. The first-order chi connectivity index (χ1) is 9.26. The van der Waals surface area contributed by atoms with E-state index in [2.05, 4.69) is 57.0 Å². The fourth-order valence-corrected chi connectivity index (χ4v) is 2.57. The van der Waals surface area contributed by atoms with Crippen LogP contribution in [0.2, 0.25) is 0 Å². The van der Waals surface area contributed by atoms with Crippen LogP contribution in [0.1, 0.15) is 11.1 Å². The van der Waals surface area contributed by atoms with Gasteiger partial charge in [-0.3, -0.25) is 0 Å². The standard InChI is InChI=1S/C16H11BrN2/c17-15-5-6-16-14(9-15)7-8-19(16)11-13-3-1-12(10-18)2-4-13/h1-9H,11H2. The van der Waals surface area contributed by atoms with Crippen LogP contribution >= 0.6 is 15.9 Å². The zero-order chi connectivity index (χ0) is 13.2. The van der Waals surface area contributed by atoms with Gasteiger partial charge in [0.2, 0.25) is 0 Å². The number of rotatable bonds is 2. The lowest BCUT2D eigenvalue weighted by atomic mass is 10.1. The van der Waals surface area contributed by atoms with Crippen molar-refractivity contribution in [3.8, 4) is 6.07 Å². The van der Waals surface area contributed by atoms with Gasteiger partial charge in [-0.25, -0.2) is 0 Å². The molecule has 0 atom stereocenters. The lowest BCUT2D eigenvalue weighted by Gasteiger charge is -2.06. The zero-order valence-corrected chi connectivity index (χ0v) is 11.8. The maximum Gasteiger partial charge on any atom is 0.0991 e. The Morgan fingerprint density at radius 1 is 1.05 bits per heavy atom. The van der Waals surface area contributed by atoms with Gasteiger partial charge < -0.3 is 4.57 Å². The van der Waals surface area contributed by atoms with Gasteiger partial charge in [0, 0.05) is 28.1 Å². The second kappa shape index (κ2) is 4.91. The van der Waals surface area contributed by atoms with Crippen molar-refractivity contribution in [2.45, 2.75) is 6.54 Å². The van der Waals surface area contributed by atoms with Crippen LogP contribution in [0.25, 0.3) is 10.9 Å². The minimum absolute atomic E-state index is 0.699. The van der Waals surface area contributed by atoms with E-state index in [9.17, 15) is 0 Å². The number of nitrogens with zero attached hydrogens (tertiary/aromatic N) is 2. The lowest BCUT2D eigenvalue weighted by Crippen LogP contribution is -1.97. The van der Waals surface area contributed by atoms with Gasteiger partial charge in [-0.1, -0.05) is 28.1 Å².